The zero-order valence-electron chi connectivity index (χ0n) is 10.00. The molecule has 0 amide bonds. The van der Waals surface area contributed by atoms with E-state index in [9.17, 15) is 0 Å². The standard InChI is InChI=1S/C8H20N4Si2/c1-13(2,3)7-12-8(9-10-11-12)14(4,5)6/h7H2,1-6H3. The van der Waals surface area contributed by atoms with Crippen LogP contribution in [0.2, 0.25) is 39.3 Å². The molecule has 1 aromatic heterocycles. The van der Waals surface area contributed by atoms with Gasteiger partial charge in [-0.3, -0.25) is 0 Å². The molecule has 0 N–H and O–H groups in total. The molecule has 80 valence electrons. The van der Waals surface area contributed by atoms with Crippen molar-refractivity contribution < 1.29 is 0 Å². The normalized spacial score (nSPS) is 13.3. The van der Waals surface area contributed by atoms with Crippen molar-refractivity contribution in [1.29, 1.82) is 0 Å². The Morgan fingerprint density at radius 3 is 2.07 bits per heavy atom. The topological polar surface area (TPSA) is 43.6 Å². The molecule has 0 spiro atoms. The largest absolute Gasteiger partial charge is 0.237 e. The third-order valence-corrected chi connectivity index (χ3v) is 4.77. The van der Waals surface area contributed by atoms with E-state index in [2.05, 4.69) is 54.8 Å². The van der Waals surface area contributed by atoms with Crippen LogP contribution in [0.25, 0.3) is 0 Å². The van der Waals surface area contributed by atoms with Crippen molar-refractivity contribution in [3.05, 3.63) is 0 Å². The number of hydrogen-bond donors (Lipinski definition) is 0. The first-order chi connectivity index (χ1) is 6.20. The molecule has 1 aromatic rings. The molecule has 6 heteroatoms. The second-order valence-electron chi connectivity index (χ2n) is 5.97. The van der Waals surface area contributed by atoms with Crippen LogP contribution < -0.4 is 5.45 Å². The molecule has 0 bridgehead atoms. The van der Waals surface area contributed by atoms with Gasteiger partial charge in [0.25, 0.3) is 0 Å². The molecule has 1 heterocycles. The quantitative estimate of drug-likeness (QED) is 0.728. The minimum absolute atomic E-state index is 1.03. The molecule has 4 nitrogen and oxygen atoms in total. The van der Waals surface area contributed by atoms with Gasteiger partial charge in [-0.05, 0) is 10.4 Å². The molecule has 0 aliphatic heterocycles. The van der Waals surface area contributed by atoms with Gasteiger partial charge >= 0.3 is 0 Å². The van der Waals surface area contributed by atoms with Crippen LogP contribution in [0.4, 0.5) is 0 Å². The minimum atomic E-state index is -1.38. The Labute approximate surface area is 87.7 Å². The Balaban J connectivity index is 2.95. The molecule has 0 saturated heterocycles. The average molecular weight is 228 g/mol. The van der Waals surface area contributed by atoms with Crippen molar-refractivity contribution in [1.82, 2.24) is 20.2 Å². The average Bonchev–Trinajstić information content (AvgIpc) is 2.29. The van der Waals surface area contributed by atoms with Crippen molar-refractivity contribution >= 4 is 21.6 Å². The van der Waals surface area contributed by atoms with Crippen molar-refractivity contribution in [2.45, 2.75) is 45.5 Å². The maximum Gasteiger partial charge on any atom is 0.128 e. The summed E-state index contributed by atoms with van der Waals surface area (Å²) in [5, 5.41) is 12.0. The van der Waals surface area contributed by atoms with Crippen molar-refractivity contribution in [3.8, 4) is 0 Å². The molecule has 14 heavy (non-hydrogen) atoms. The van der Waals surface area contributed by atoms with E-state index in [4.69, 9.17) is 0 Å². The third-order valence-electron chi connectivity index (χ3n) is 1.83. The molecule has 1 rings (SSSR count). The van der Waals surface area contributed by atoms with Gasteiger partial charge in [-0.2, -0.15) is 0 Å². The Morgan fingerprint density at radius 2 is 1.64 bits per heavy atom. The highest BCUT2D eigenvalue weighted by molar-refractivity contribution is 6.87. The van der Waals surface area contributed by atoms with Crippen molar-refractivity contribution in [2.75, 3.05) is 0 Å². The van der Waals surface area contributed by atoms with Gasteiger partial charge in [0.15, 0.2) is 0 Å². The fraction of sp³-hybridized carbons (Fsp3) is 0.875. The Kier molecular flexibility index (Phi) is 2.96. The van der Waals surface area contributed by atoms with Crippen LogP contribution in [0.3, 0.4) is 0 Å². The van der Waals surface area contributed by atoms with Crippen molar-refractivity contribution in [3.63, 3.8) is 0 Å². The smallest absolute Gasteiger partial charge is 0.128 e. The molecule has 0 aromatic carbocycles. The minimum Gasteiger partial charge on any atom is -0.237 e. The van der Waals surface area contributed by atoms with E-state index < -0.39 is 16.1 Å². The highest BCUT2D eigenvalue weighted by atomic mass is 28.3. The lowest BCUT2D eigenvalue weighted by molar-refractivity contribution is 0.688. The Bertz CT molecular complexity index is 308. The highest BCUT2D eigenvalue weighted by Gasteiger charge is 2.26. The molecular weight excluding hydrogens is 208 g/mol. The fourth-order valence-electron chi connectivity index (χ4n) is 1.30. The van der Waals surface area contributed by atoms with Crippen LogP contribution in [0.5, 0.6) is 0 Å². The maximum absolute atomic E-state index is 4.16. The number of aromatic nitrogens is 4. The molecule has 0 unspecified atom stereocenters. The molecule has 0 fully saturated rings. The first kappa shape index (κ1) is 11.6. The van der Waals surface area contributed by atoms with E-state index in [0.29, 0.717) is 0 Å². The van der Waals surface area contributed by atoms with E-state index in [1.165, 1.54) is 0 Å². The maximum atomic E-state index is 4.16. The first-order valence-corrected chi connectivity index (χ1v) is 12.2. The molecule has 0 aliphatic rings. The summed E-state index contributed by atoms with van der Waals surface area (Å²) < 4.78 is 2.03. The van der Waals surface area contributed by atoms with Gasteiger partial charge in [-0.25, -0.2) is 4.68 Å². The summed E-state index contributed by atoms with van der Waals surface area (Å²) >= 11 is 0. The van der Waals surface area contributed by atoms with Crippen LogP contribution >= 0.6 is 0 Å². The van der Waals surface area contributed by atoms with E-state index >= 15 is 0 Å². The second kappa shape index (κ2) is 3.58. The molecule has 0 saturated carbocycles. The van der Waals surface area contributed by atoms with E-state index in [0.717, 1.165) is 11.6 Å². The van der Waals surface area contributed by atoms with Crippen LogP contribution in [0, 0.1) is 0 Å². The third kappa shape index (κ3) is 3.02. The molecule has 0 aliphatic carbocycles. The number of tetrazole rings is 1. The van der Waals surface area contributed by atoms with Crippen LogP contribution in [0.15, 0.2) is 0 Å². The van der Waals surface area contributed by atoms with Gasteiger partial charge in [0.2, 0.25) is 0 Å². The first-order valence-electron chi connectivity index (χ1n) is 4.97. The summed E-state index contributed by atoms with van der Waals surface area (Å²) in [4.78, 5) is 0. The molecule has 0 atom stereocenters. The lowest BCUT2D eigenvalue weighted by Gasteiger charge is -2.20. The second-order valence-corrected chi connectivity index (χ2v) is 16.4. The lowest BCUT2D eigenvalue weighted by Crippen LogP contribution is -2.47. The molecular formula is C8H20N4Si2. The number of nitrogens with zero attached hydrogens (tertiary/aromatic N) is 4. The van der Waals surface area contributed by atoms with E-state index in [-0.39, 0.29) is 0 Å². The summed E-state index contributed by atoms with van der Waals surface area (Å²) in [5.41, 5.74) is 1.12. The summed E-state index contributed by atoms with van der Waals surface area (Å²) in [7, 11) is -2.51. The van der Waals surface area contributed by atoms with Gasteiger partial charge in [0, 0.05) is 6.17 Å². The monoisotopic (exact) mass is 228 g/mol. The van der Waals surface area contributed by atoms with E-state index in [1.54, 1.807) is 0 Å². The summed E-state index contributed by atoms with van der Waals surface area (Å²) in [6, 6.07) is 0. The zero-order valence-corrected chi connectivity index (χ0v) is 12.0. The predicted octanol–water partition coefficient (Wildman–Crippen LogP) is 1.10. The zero-order chi connectivity index (χ0) is 11.0. The SMILES string of the molecule is C[Si](C)(C)Cn1nnnc1[Si](C)(C)C. The van der Waals surface area contributed by atoms with Crippen LogP contribution in [-0.4, -0.2) is 36.4 Å². The Morgan fingerprint density at radius 1 is 1.07 bits per heavy atom. The summed E-state index contributed by atoms with van der Waals surface area (Å²) in [6.07, 6.45) is 1.03. The fourth-order valence-corrected chi connectivity index (χ4v) is 3.81. The van der Waals surface area contributed by atoms with Gasteiger partial charge in [-0.1, -0.05) is 39.3 Å². The van der Waals surface area contributed by atoms with Gasteiger partial charge in [-0.15, -0.1) is 5.10 Å². The van der Waals surface area contributed by atoms with E-state index in [1.807, 2.05) is 4.68 Å². The summed E-state index contributed by atoms with van der Waals surface area (Å²) in [5.74, 6) is 0. The van der Waals surface area contributed by atoms with Crippen LogP contribution in [0.1, 0.15) is 0 Å². The Hall–Kier alpha value is -0.496. The van der Waals surface area contributed by atoms with Gasteiger partial charge in [0.05, 0.1) is 8.07 Å². The van der Waals surface area contributed by atoms with Gasteiger partial charge in [0.1, 0.15) is 13.5 Å². The predicted molar refractivity (Wildman–Crippen MR) is 64.1 cm³/mol. The molecule has 0 radical (unpaired) electrons. The summed E-state index contributed by atoms with van der Waals surface area (Å²) in [6.45, 7) is 13.8. The number of hydrogen-bond acceptors (Lipinski definition) is 3. The van der Waals surface area contributed by atoms with Crippen LogP contribution in [-0.2, 0) is 6.17 Å². The van der Waals surface area contributed by atoms with Gasteiger partial charge < -0.3 is 0 Å². The highest BCUT2D eigenvalue weighted by Crippen LogP contribution is 2.05. The lowest BCUT2D eigenvalue weighted by atomic mass is 11.2. The number of rotatable bonds is 3. The van der Waals surface area contributed by atoms with Crippen molar-refractivity contribution in [2.24, 2.45) is 0 Å².